The minimum atomic E-state index is -1.12. The summed E-state index contributed by atoms with van der Waals surface area (Å²) in [5.74, 6) is -1.72. The first-order valence-corrected chi connectivity index (χ1v) is 29.9. The van der Waals surface area contributed by atoms with Crippen LogP contribution in [0.2, 0.25) is 0 Å². The van der Waals surface area contributed by atoms with Crippen LogP contribution in [0.4, 0.5) is 0 Å². The van der Waals surface area contributed by atoms with Gasteiger partial charge in [-0.3, -0.25) is 9.59 Å². The summed E-state index contributed by atoms with van der Waals surface area (Å²) in [5.41, 5.74) is 0. The van der Waals surface area contributed by atoms with E-state index in [1.807, 2.05) is 21.1 Å². The van der Waals surface area contributed by atoms with Crippen LogP contribution in [0.3, 0.4) is 0 Å². The molecule has 2 atom stereocenters. The Balaban J connectivity index is 4.13. The molecule has 0 aromatic carbocycles. The molecule has 0 aromatic rings. The Morgan fingerprint density at radius 2 is 0.768 bits per heavy atom. The topological polar surface area (TPSA) is 102 Å². The Labute approximate surface area is 428 Å². The number of nitrogens with zero attached hydrogens (tertiary/aromatic N) is 1. The monoisotopic (exact) mass is 974 g/mol. The third-order valence-corrected chi connectivity index (χ3v) is 13.8. The number of esters is 2. The molecule has 0 aliphatic carbocycles. The maximum Gasteiger partial charge on any atom is 0.306 e. The van der Waals surface area contributed by atoms with E-state index in [1.165, 1.54) is 212 Å². The van der Waals surface area contributed by atoms with Crippen LogP contribution in [0, 0.1) is 0 Å². The molecule has 8 nitrogen and oxygen atoms in total. The summed E-state index contributed by atoms with van der Waals surface area (Å²) in [4.78, 5) is 37.2. The number of unbranched alkanes of at least 4 members (excludes halogenated alkanes) is 37. The first-order valence-electron chi connectivity index (χ1n) is 29.9. The van der Waals surface area contributed by atoms with Crippen molar-refractivity contribution < 1.29 is 38.2 Å². The van der Waals surface area contributed by atoms with Crippen molar-refractivity contribution in [2.45, 2.75) is 309 Å². The van der Waals surface area contributed by atoms with Gasteiger partial charge in [0.25, 0.3) is 0 Å². The van der Waals surface area contributed by atoms with E-state index < -0.39 is 18.1 Å². The van der Waals surface area contributed by atoms with Crippen LogP contribution in [-0.4, -0.2) is 75.5 Å². The quantitative estimate of drug-likeness (QED) is 0.0259. The van der Waals surface area contributed by atoms with Crippen LogP contribution < -0.4 is 5.11 Å². The predicted molar refractivity (Wildman–Crippen MR) is 291 cm³/mol. The molecule has 0 bridgehead atoms. The maximum absolute atomic E-state index is 12.8. The van der Waals surface area contributed by atoms with E-state index in [9.17, 15) is 19.5 Å². The number of hydrogen-bond donors (Lipinski definition) is 0. The first kappa shape index (κ1) is 66.8. The molecule has 0 fully saturated rings. The molecule has 0 aliphatic rings. The Morgan fingerprint density at radius 1 is 0.435 bits per heavy atom. The molecule has 69 heavy (non-hydrogen) atoms. The molecule has 0 amide bonds. The van der Waals surface area contributed by atoms with Crippen molar-refractivity contribution in [1.29, 1.82) is 0 Å². The molecule has 2 unspecified atom stereocenters. The van der Waals surface area contributed by atoms with Gasteiger partial charge in [-0.15, -0.1) is 0 Å². The molecule has 0 heterocycles. The molecule has 0 saturated carbocycles. The first-order chi connectivity index (χ1) is 33.6. The zero-order valence-corrected chi connectivity index (χ0v) is 46.5. The van der Waals surface area contributed by atoms with Gasteiger partial charge in [0.2, 0.25) is 0 Å². The molecular weight excluding hydrogens is 859 g/mol. The van der Waals surface area contributed by atoms with Crippen molar-refractivity contribution >= 4 is 17.9 Å². The summed E-state index contributed by atoms with van der Waals surface area (Å²) in [5, 5.41) is 11.7. The van der Waals surface area contributed by atoms with Gasteiger partial charge in [0.15, 0.2) is 6.10 Å². The lowest BCUT2D eigenvalue weighted by atomic mass is 10.0. The second kappa shape index (κ2) is 52.1. The van der Waals surface area contributed by atoms with Crippen LogP contribution >= 0.6 is 0 Å². The highest BCUT2D eigenvalue weighted by atomic mass is 16.6. The van der Waals surface area contributed by atoms with E-state index in [2.05, 4.69) is 38.2 Å². The standard InChI is InChI=1S/C61H115NO7/c1-6-8-10-12-14-16-18-20-22-24-26-28-30-32-34-36-38-40-42-44-46-48-50-52-60(64)69-57(55-67-54-53-58(61(65)66)62(3,4)5)56-68-59(63)51-49-47-45-43-41-39-37-35-33-31-29-27-25-23-21-19-17-15-13-11-9-7-2/h25,27,31,33,57-58H,6-24,26,28-30,32,34-56H2,1-5H3/b27-25+,33-31+. The van der Waals surface area contributed by atoms with Crippen LogP contribution in [0.1, 0.15) is 296 Å². The fourth-order valence-corrected chi connectivity index (χ4v) is 9.22. The zero-order chi connectivity index (χ0) is 50.6. The van der Waals surface area contributed by atoms with Gasteiger partial charge in [0, 0.05) is 19.3 Å². The highest BCUT2D eigenvalue weighted by molar-refractivity contribution is 5.70. The van der Waals surface area contributed by atoms with Gasteiger partial charge >= 0.3 is 11.9 Å². The third kappa shape index (κ3) is 50.5. The molecular formula is C61H115NO7. The number of carboxylic acids is 1. The van der Waals surface area contributed by atoms with Crippen LogP contribution in [0.15, 0.2) is 24.3 Å². The van der Waals surface area contributed by atoms with E-state index in [0.29, 0.717) is 12.8 Å². The average molecular weight is 975 g/mol. The number of likely N-dealkylation sites (N-methyl/N-ethyl adjacent to an activating group) is 1. The van der Waals surface area contributed by atoms with Gasteiger partial charge in [-0.1, -0.05) is 256 Å². The predicted octanol–water partition coefficient (Wildman–Crippen LogP) is 16.6. The minimum Gasteiger partial charge on any atom is -0.544 e. The highest BCUT2D eigenvalue weighted by Crippen LogP contribution is 2.17. The van der Waals surface area contributed by atoms with E-state index in [-0.39, 0.29) is 42.7 Å². The smallest absolute Gasteiger partial charge is 0.306 e. The molecule has 0 rings (SSSR count). The number of aliphatic carboxylic acids is 1. The number of hydrogen-bond acceptors (Lipinski definition) is 7. The van der Waals surface area contributed by atoms with Gasteiger partial charge < -0.3 is 28.6 Å². The van der Waals surface area contributed by atoms with Crippen molar-refractivity contribution in [2.24, 2.45) is 0 Å². The van der Waals surface area contributed by atoms with E-state index >= 15 is 0 Å². The number of carbonyl (C=O) groups excluding carboxylic acids is 3. The number of carbonyl (C=O) groups is 3. The van der Waals surface area contributed by atoms with Crippen molar-refractivity contribution in [1.82, 2.24) is 0 Å². The lowest BCUT2D eigenvalue weighted by Crippen LogP contribution is -2.55. The van der Waals surface area contributed by atoms with Gasteiger partial charge in [0.05, 0.1) is 40.3 Å². The van der Waals surface area contributed by atoms with Gasteiger partial charge in [-0.05, 0) is 44.9 Å². The summed E-state index contributed by atoms with van der Waals surface area (Å²) in [6.07, 6.45) is 62.3. The molecule has 8 heteroatoms. The van der Waals surface area contributed by atoms with Crippen molar-refractivity contribution in [2.75, 3.05) is 41.0 Å². The molecule has 0 aliphatic heterocycles. The number of carboxylic acid groups (broad SMARTS) is 1. The van der Waals surface area contributed by atoms with Gasteiger partial charge in [-0.25, -0.2) is 0 Å². The molecule has 0 saturated heterocycles. The molecule has 0 N–H and O–H groups in total. The largest absolute Gasteiger partial charge is 0.544 e. The Hall–Kier alpha value is -2.19. The maximum atomic E-state index is 12.8. The van der Waals surface area contributed by atoms with E-state index in [0.717, 1.165) is 51.4 Å². The lowest BCUT2D eigenvalue weighted by molar-refractivity contribution is -0.889. The molecule has 0 radical (unpaired) electrons. The van der Waals surface area contributed by atoms with E-state index in [1.54, 1.807) is 0 Å². The van der Waals surface area contributed by atoms with Crippen molar-refractivity contribution in [3.05, 3.63) is 24.3 Å². The van der Waals surface area contributed by atoms with Gasteiger partial charge in [0.1, 0.15) is 12.6 Å². The van der Waals surface area contributed by atoms with Crippen LogP contribution in [0.5, 0.6) is 0 Å². The highest BCUT2D eigenvalue weighted by Gasteiger charge is 2.25. The summed E-state index contributed by atoms with van der Waals surface area (Å²) in [7, 11) is 5.43. The summed E-state index contributed by atoms with van der Waals surface area (Å²) in [6.45, 7) is 4.72. The zero-order valence-electron chi connectivity index (χ0n) is 46.5. The fourth-order valence-electron chi connectivity index (χ4n) is 9.22. The second-order valence-electron chi connectivity index (χ2n) is 21.6. The average Bonchev–Trinajstić information content (AvgIpc) is 3.31. The molecule has 406 valence electrons. The van der Waals surface area contributed by atoms with Crippen molar-refractivity contribution in [3.8, 4) is 0 Å². The summed E-state index contributed by atoms with van der Waals surface area (Å²) >= 11 is 0. The van der Waals surface area contributed by atoms with Gasteiger partial charge in [-0.2, -0.15) is 0 Å². The second-order valence-corrected chi connectivity index (χ2v) is 21.6. The third-order valence-electron chi connectivity index (χ3n) is 13.8. The van der Waals surface area contributed by atoms with Crippen LogP contribution in [0.25, 0.3) is 0 Å². The normalized spacial score (nSPS) is 12.9. The lowest BCUT2D eigenvalue weighted by Gasteiger charge is -2.34. The Kier molecular flexibility index (Phi) is 50.5. The molecule has 0 spiro atoms. The fraction of sp³-hybridized carbons (Fsp3) is 0.885. The summed E-state index contributed by atoms with van der Waals surface area (Å²) in [6, 6.07) is -0.726. The van der Waals surface area contributed by atoms with Crippen molar-refractivity contribution in [3.63, 3.8) is 0 Å². The number of rotatable bonds is 55. The SMILES string of the molecule is CCCCCCCCCC/C=C/C/C=C/CCCCCCCCCC(=O)OCC(COCCC(C(=O)[O-])[N+](C)(C)C)OC(=O)CCCCCCCCCCCCCCCCCCCCCCCCC. The number of allylic oxidation sites excluding steroid dienone is 4. The number of quaternary nitrogens is 1. The summed E-state index contributed by atoms with van der Waals surface area (Å²) < 4.78 is 17.3. The number of ether oxygens (including phenoxy) is 3. The Morgan fingerprint density at radius 3 is 1.12 bits per heavy atom. The van der Waals surface area contributed by atoms with Crippen LogP contribution in [-0.2, 0) is 28.6 Å². The van der Waals surface area contributed by atoms with E-state index in [4.69, 9.17) is 14.2 Å². The molecule has 0 aromatic heterocycles. The Bertz CT molecular complexity index is 1180. The minimum absolute atomic E-state index is 0.0432.